The van der Waals surface area contributed by atoms with Crippen molar-refractivity contribution in [1.29, 1.82) is 0 Å². The third kappa shape index (κ3) is 4.16. The van der Waals surface area contributed by atoms with Gasteiger partial charge in [-0.2, -0.15) is 4.31 Å². The van der Waals surface area contributed by atoms with E-state index in [1.165, 1.54) is 4.31 Å². The highest BCUT2D eigenvalue weighted by molar-refractivity contribution is 7.89. The Labute approximate surface area is 187 Å². The Morgan fingerprint density at radius 3 is 2.50 bits per heavy atom. The number of aromatic nitrogens is 3. The van der Waals surface area contributed by atoms with Crippen LogP contribution in [0.3, 0.4) is 0 Å². The SMILES string of the molecule is Cc1noc(C)c1S(=O)(=O)N1CCC(C(=O)N[C@@H](c2nc3ccccc3[nH]2)C(C)C)CC1. The minimum absolute atomic E-state index is 0.0708. The molecular formula is C22H29N5O4S. The molecule has 1 aliphatic rings. The molecule has 2 aromatic heterocycles. The first kappa shape index (κ1) is 22.5. The second kappa shape index (κ2) is 8.67. The zero-order chi connectivity index (χ0) is 23.0. The van der Waals surface area contributed by atoms with E-state index in [1.807, 2.05) is 38.1 Å². The molecule has 1 saturated heterocycles. The number of fused-ring (bicyclic) bond motifs is 1. The van der Waals surface area contributed by atoms with Gasteiger partial charge in [0.25, 0.3) is 0 Å². The van der Waals surface area contributed by atoms with E-state index in [1.54, 1.807) is 13.8 Å². The summed E-state index contributed by atoms with van der Waals surface area (Å²) in [7, 11) is -3.69. The first-order chi connectivity index (χ1) is 15.2. The second-order valence-electron chi connectivity index (χ2n) is 8.70. The number of hydrogen-bond donors (Lipinski definition) is 2. The van der Waals surface area contributed by atoms with Crippen LogP contribution in [0.15, 0.2) is 33.7 Å². The predicted molar refractivity (Wildman–Crippen MR) is 119 cm³/mol. The number of carbonyl (C=O) groups excluding carboxylic acids is 1. The Morgan fingerprint density at radius 1 is 1.22 bits per heavy atom. The van der Waals surface area contributed by atoms with Gasteiger partial charge in [0.15, 0.2) is 5.76 Å². The normalized spacial score (nSPS) is 17.2. The molecule has 1 aromatic carbocycles. The van der Waals surface area contributed by atoms with Crippen LogP contribution in [-0.2, 0) is 14.8 Å². The van der Waals surface area contributed by atoms with Gasteiger partial charge in [-0.15, -0.1) is 0 Å². The number of nitrogens with one attached hydrogen (secondary N) is 2. The van der Waals surface area contributed by atoms with Gasteiger partial charge in [0.2, 0.25) is 15.9 Å². The van der Waals surface area contributed by atoms with Gasteiger partial charge >= 0.3 is 0 Å². The highest BCUT2D eigenvalue weighted by Crippen LogP contribution is 2.29. The average molecular weight is 460 g/mol. The Kier molecular flexibility index (Phi) is 6.09. The number of benzene rings is 1. The summed E-state index contributed by atoms with van der Waals surface area (Å²) in [6.07, 6.45) is 0.915. The predicted octanol–water partition coefficient (Wildman–Crippen LogP) is 3.08. The molecule has 3 aromatic rings. The first-order valence-corrected chi connectivity index (χ1v) is 12.3. The van der Waals surface area contributed by atoms with Crippen molar-refractivity contribution >= 4 is 27.0 Å². The summed E-state index contributed by atoms with van der Waals surface area (Å²) in [6, 6.07) is 7.51. The molecule has 0 bridgehead atoms. The van der Waals surface area contributed by atoms with E-state index >= 15 is 0 Å². The van der Waals surface area contributed by atoms with Crippen LogP contribution in [0.25, 0.3) is 11.0 Å². The van der Waals surface area contributed by atoms with E-state index in [0.717, 1.165) is 16.9 Å². The van der Waals surface area contributed by atoms with Crippen molar-refractivity contribution in [2.75, 3.05) is 13.1 Å². The Bertz CT molecular complexity index is 1170. The molecule has 3 heterocycles. The summed E-state index contributed by atoms with van der Waals surface area (Å²) < 4.78 is 32.5. The number of amides is 1. The van der Waals surface area contributed by atoms with Crippen molar-refractivity contribution in [3.63, 3.8) is 0 Å². The fourth-order valence-electron chi connectivity index (χ4n) is 4.27. The van der Waals surface area contributed by atoms with E-state index in [2.05, 4.69) is 20.4 Å². The van der Waals surface area contributed by atoms with Crippen molar-refractivity contribution in [1.82, 2.24) is 24.7 Å². The van der Waals surface area contributed by atoms with Gasteiger partial charge in [-0.1, -0.05) is 31.1 Å². The summed E-state index contributed by atoms with van der Waals surface area (Å²) in [5, 5.41) is 6.90. The number of piperidine rings is 1. The number of nitrogens with zero attached hydrogens (tertiary/aromatic N) is 3. The molecule has 2 N–H and O–H groups in total. The van der Waals surface area contributed by atoms with Crippen molar-refractivity contribution in [3.8, 4) is 0 Å². The fourth-order valence-corrected chi connectivity index (χ4v) is 6.03. The van der Waals surface area contributed by atoms with Crippen LogP contribution < -0.4 is 5.32 Å². The van der Waals surface area contributed by atoms with Gasteiger partial charge in [-0.25, -0.2) is 13.4 Å². The largest absolute Gasteiger partial charge is 0.360 e. The van der Waals surface area contributed by atoms with Crippen molar-refractivity contribution in [2.24, 2.45) is 11.8 Å². The van der Waals surface area contributed by atoms with Crippen LogP contribution in [0.4, 0.5) is 0 Å². The average Bonchev–Trinajstić information content (AvgIpc) is 3.34. The van der Waals surface area contributed by atoms with Gasteiger partial charge in [-0.05, 0) is 44.7 Å². The van der Waals surface area contributed by atoms with Crippen molar-refractivity contribution < 1.29 is 17.7 Å². The zero-order valence-electron chi connectivity index (χ0n) is 18.8. The molecule has 0 unspecified atom stereocenters. The lowest BCUT2D eigenvalue weighted by molar-refractivity contribution is -0.127. The number of para-hydroxylation sites is 2. The molecule has 1 amide bonds. The van der Waals surface area contributed by atoms with Gasteiger partial charge in [0, 0.05) is 19.0 Å². The number of hydrogen-bond acceptors (Lipinski definition) is 6. The van der Waals surface area contributed by atoms with Crippen molar-refractivity contribution in [2.45, 2.75) is 51.5 Å². The van der Waals surface area contributed by atoms with Gasteiger partial charge in [-0.3, -0.25) is 4.79 Å². The lowest BCUT2D eigenvalue weighted by atomic mass is 9.95. The molecule has 32 heavy (non-hydrogen) atoms. The topological polar surface area (TPSA) is 121 Å². The monoisotopic (exact) mass is 459 g/mol. The van der Waals surface area contributed by atoms with Crippen LogP contribution in [0.1, 0.15) is 50.0 Å². The Balaban J connectivity index is 1.43. The number of carbonyl (C=O) groups is 1. The number of imidazole rings is 1. The van der Waals surface area contributed by atoms with Gasteiger partial charge in [0.05, 0.1) is 17.1 Å². The molecular weight excluding hydrogens is 430 g/mol. The zero-order valence-corrected chi connectivity index (χ0v) is 19.6. The molecule has 4 rings (SSSR count). The van der Waals surface area contributed by atoms with Crippen LogP contribution in [-0.4, -0.2) is 46.8 Å². The number of sulfonamides is 1. The Morgan fingerprint density at radius 2 is 1.91 bits per heavy atom. The van der Waals surface area contributed by atoms with E-state index in [4.69, 9.17) is 4.52 Å². The number of H-pyrrole nitrogens is 1. The quantitative estimate of drug-likeness (QED) is 0.584. The molecule has 0 radical (unpaired) electrons. The molecule has 0 spiro atoms. The van der Waals surface area contributed by atoms with E-state index in [9.17, 15) is 13.2 Å². The minimum atomic E-state index is -3.69. The van der Waals surface area contributed by atoms with Crippen LogP contribution in [0.5, 0.6) is 0 Å². The van der Waals surface area contributed by atoms with Crippen molar-refractivity contribution in [3.05, 3.63) is 41.5 Å². The minimum Gasteiger partial charge on any atom is -0.360 e. The molecule has 1 fully saturated rings. The molecule has 172 valence electrons. The maximum absolute atomic E-state index is 13.0. The third-order valence-corrected chi connectivity index (χ3v) is 8.20. The van der Waals surface area contributed by atoms with E-state index in [0.29, 0.717) is 18.5 Å². The summed E-state index contributed by atoms with van der Waals surface area (Å²) in [5.74, 6) is 0.829. The van der Waals surface area contributed by atoms with E-state index < -0.39 is 10.0 Å². The number of aromatic amines is 1. The second-order valence-corrected chi connectivity index (χ2v) is 10.6. The van der Waals surface area contributed by atoms with Crippen LogP contribution >= 0.6 is 0 Å². The van der Waals surface area contributed by atoms with Crippen LogP contribution in [0.2, 0.25) is 0 Å². The molecule has 9 nitrogen and oxygen atoms in total. The lowest BCUT2D eigenvalue weighted by Crippen LogP contribution is -2.44. The summed E-state index contributed by atoms with van der Waals surface area (Å²) >= 11 is 0. The highest BCUT2D eigenvalue weighted by atomic mass is 32.2. The summed E-state index contributed by atoms with van der Waals surface area (Å²) in [4.78, 5) is 21.1. The van der Waals surface area contributed by atoms with Gasteiger partial charge in [0.1, 0.15) is 16.4 Å². The third-order valence-electron chi connectivity index (χ3n) is 6.06. The lowest BCUT2D eigenvalue weighted by Gasteiger charge is -2.31. The number of aryl methyl sites for hydroxylation is 2. The fraction of sp³-hybridized carbons (Fsp3) is 0.500. The maximum Gasteiger partial charge on any atom is 0.248 e. The molecule has 1 aliphatic heterocycles. The molecule has 1 atom stereocenters. The van der Waals surface area contributed by atoms with Gasteiger partial charge < -0.3 is 14.8 Å². The smallest absolute Gasteiger partial charge is 0.248 e. The van der Waals surface area contributed by atoms with Crippen LogP contribution in [0, 0.1) is 25.7 Å². The summed E-state index contributed by atoms with van der Waals surface area (Å²) in [5.41, 5.74) is 2.15. The first-order valence-electron chi connectivity index (χ1n) is 10.9. The highest BCUT2D eigenvalue weighted by Gasteiger charge is 2.36. The Hall–Kier alpha value is -2.72. The maximum atomic E-state index is 13.0. The molecule has 10 heteroatoms. The van der Waals surface area contributed by atoms with E-state index in [-0.39, 0.29) is 47.5 Å². The molecule has 0 aliphatic carbocycles. The molecule has 0 saturated carbocycles. The summed E-state index contributed by atoms with van der Waals surface area (Å²) in [6.45, 7) is 7.85. The standard InChI is InChI=1S/C22H29N5O4S/c1-13(2)19(21-23-17-7-5-6-8-18(17)24-21)25-22(28)16-9-11-27(12-10-16)32(29,30)20-14(3)26-31-15(20)4/h5-8,13,16,19H,9-12H2,1-4H3,(H,23,24)(H,25,28)/t19-/m1/s1. The number of rotatable bonds is 6.